The highest BCUT2D eigenvalue weighted by Crippen LogP contribution is 2.28. The lowest BCUT2D eigenvalue weighted by atomic mass is 10.1. The Morgan fingerprint density at radius 3 is 2.52 bits per heavy atom. The van der Waals surface area contributed by atoms with Gasteiger partial charge < -0.3 is 9.30 Å². The Kier molecular flexibility index (Phi) is 4.97. The van der Waals surface area contributed by atoms with Gasteiger partial charge in [0.15, 0.2) is 11.2 Å². The van der Waals surface area contributed by atoms with Crippen molar-refractivity contribution in [3.05, 3.63) is 93.5 Å². The van der Waals surface area contributed by atoms with Gasteiger partial charge in [-0.25, -0.2) is 4.52 Å². The molecule has 8 heteroatoms. The lowest BCUT2D eigenvalue weighted by Gasteiger charge is -2.08. The van der Waals surface area contributed by atoms with E-state index in [0.717, 1.165) is 22.4 Å². The Morgan fingerprint density at radius 2 is 1.77 bits per heavy atom. The summed E-state index contributed by atoms with van der Waals surface area (Å²) in [4.78, 5) is 13.1. The SMILES string of the molecule is COCc1nn2c(nnc3c(=O)n(Cc4ccc(Cl)cc4)ccc32)c1-c1ccccc1. The van der Waals surface area contributed by atoms with E-state index in [-0.39, 0.29) is 11.1 Å². The van der Waals surface area contributed by atoms with E-state index in [0.29, 0.717) is 29.3 Å². The molecule has 0 spiro atoms. The molecule has 0 aliphatic carbocycles. The molecule has 3 aromatic heterocycles. The number of methoxy groups -OCH3 is 1. The molecule has 154 valence electrons. The molecule has 0 saturated carbocycles. The Bertz CT molecular complexity index is 1440. The Balaban J connectivity index is 1.67. The number of rotatable bonds is 5. The van der Waals surface area contributed by atoms with Crippen molar-refractivity contribution in [2.75, 3.05) is 7.11 Å². The predicted molar refractivity (Wildman–Crippen MR) is 119 cm³/mol. The third-order valence-corrected chi connectivity index (χ3v) is 5.39. The predicted octanol–water partition coefficient (Wildman–Crippen LogP) is 3.95. The number of halogens is 1. The number of hydrogen-bond donors (Lipinski definition) is 0. The second-order valence-electron chi connectivity index (χ2n) is 7.17. The van der Waals surface area contributed by atoms with Gasteiger partial charge in [-0.2, -0.15) is 5.10 Å². The fraction of sp³-hybridized carbons (Fsp3) is 0.130. The van der Waals surface area contributed by atoms with E-state index >= 15 is 0 Å². The number of ether oxygens (including phenoxy) is 1. The molecule has 0 bridgehead atoms. The van der Waals surface area contributed by atoms with Crippen LogP contribution in [0.2, 0.25) is 5.02 Å². The average molecular weight is 432 g/mol. The van der Waals surface area contributed by atoms with Gasteiger partial charge in [0.25, 0.3) is 5.56 Å². The quantitative estimate of drug-likeness (QED) is 0.421. The van der Waals surface area contributed by atoms with Crippen molar-refractivity contribution in [2.45, 2.75) is 13.2 Å². The Morgan fingerprint density at radius 1 is 1.00 bits per heavy atom. The molecule has 0 aliphatic rings. The van der Waals surface area contributed by atoms with Gasteiger partial charge in [0.1, 0.15) is 5.52 Å². The number of aromatic nitrogens is 5. The van der Waals surface area contributed by atoms with Crippen LogP contribution in [0.3, 0.4) is 0 Å². The zero-order valence-corrected chi connectivity index (χ0v) is 17.5. The molecule has 2 aromatic carbocycles. The maximum absolute atomic E-state index is 13.1. The number of pyridine rings is 1. The van der Waals surface area contributed by atoms with E-state index in [9.17, 15) is 4.79 Å². The zero-order chi connectivity index (χ0) is 21.4. The van der Waals surface area contributed by atoms with E-state index in [2.05, 4.69) is 10.2 Å². The number of fused-ring (bicyclic) bond motifs is 3. The van der Waals surface area contributed by atoms with Gasteiger partial charge in [-0.1, -0.05) is 54.1 Å². The molecule has 0 saturated heterocycles. The summed E-state index contributed by atoms with van der Waals surface area (Å²) in [6, 6.07) is 19.1. The van der Waals surface area contributed by atoms with Crippen LogP contribution in [0.25, 0.3) is 27.8 Å². The molecule has 0 atom stereocenters. The van der Waals surface area contributed by atoms with Crippen molar-refractivity contribution in [1.82, 2.24) is 24.4 Å². The molecule has 0 radical (unpaired) electrons. The first-order chi connectivity index (χ1) is 15.2. The molecule has 5 rings (SSSR count). The monoisotopic (exact) mass is 431 g/mol. The summed E-state index contributed by atoms with van der Waals surface area (Å²) in [5.74, 6) is 0. The van der Waals surface area contributed by atoms with Crippen molar-refractivity contribution >= 4 is 28.3 Å². The summed E-state index contributed by atoms with van der Waals surface area (Å²) in [5, 5.41) is 14.0. The molecule has 5 aromatic rings. The fourth-order valence-electron chi connectivity index (χ4n) is 3.68. The minimum Gasteiger partial charge on any atom is -0.378 e. The molecule has 7 nitrogen and oxygen atoms in total. The van der Waals surface area contributed by atoms with Crippen LogP contribution in [0.15, 0.2) is 71.7 Å². The van der Waals surface area contributed by atoms with Crippen LogP contribution in [0.1, 0.15) is 11.3 Å². The molecule has 0 unspecified atom stereocenters. The van der Waals surface area contributed by atoms with E-state index in [1.165, 1.54) is 0 Å². The van der Waals surface area contributed by atoms with Crippen LogP contribution in [0, 0.1) is 0 Å². The van der Waals surface area contributed by atoms with Crippen LogP contribution in [0.5, 0.6) is 0 Å². The second kappa shape index (κ2) is 7.94. The molecule has 0 fully saturated rings. The third kappa shape index (κ3) is 3.48. The highest BCUT2D eigenvalue weighted by atomic mass is 35.5. The van der Waals surface area contributed by atoms with E-state index < -0.39 is 0 Å². The van der Waals surface area contributed by atoms with Gasteiger partial charge in [0.05, 0.1) is 24.4 Å². The molecule has 0 N–H and O–H groups in total. The molecular weight excluding hydrogens is 414 g/mol. The fourth-order valence-corrected chi connectivity index (χ4v) is 3.80. The van der Waals surface area contributed by atoms with Crippen LogP contribution >= 0.6 is 11.6 Å². The van der Waals surface area contributed by atoms with Crippen molar-refractivity contribution in [3.8, 4) is 11.1 Å². The minimum atomic E-state index is -0.230. The number of nitrogens with zero attached hydrogens (tertiary/aromatic N) is 5. The van der Waals surface area contributed by atoms with Crippen LogP contribution < -0.4 is 5.56 Å². The average Bonchev–Trinajstić information content (AvgIpc) is 3.16. The second-order valence-corrected chi connectivity index (χ2v) is 7.60. The summed E-state index contributed by atoms with van der Waals surface area (Å²) in [6.07, 6.45) is 1.75. The molecule has 0 amide bonds. The number of hydrogen-bond acceptors (Lipinski definition) is 5. The Labute approximate surface area is 182 Å². The van der Waals surface area contributed by atoms with Crippen LogP contribution in [0.4, 0.5) is 0 Å². The van der Waals surface area contributed by atoms with Gasteiger partial charge in [0, 0.05) is 18.3 Å². The lowest BCUT2D eigenvalue weighted by molar-refractivity contribution is 0.181. The van der Waals surface area contributed by atoms with Crippen molar-refractivity contribution in [3.63, 3.8) is 0 Å². The van der Waals surface area contributed by atoms with Crippen LogP contribution in [-0.2, 0) is 17.9 Å². The van der Waals surface area contributed by atoms with E-state index in [1.54, 1.807) is 34.5 Å². The van der Waals surface area contributed by atoms with E-state index in [4.69, 9.17) is 21.4 Å². The van der Waals surface area contributed by atoms with Gasteiger partial charge in [-0.3, -0.25) is 4.79 Å². The van der Waals surface area contributed by atoms with Crippen molar-refractivity contribution in [2.24, 2.45) is 0 Å². The maximum atomic E-state index is 13.1. The highest BCUT2D eigenvalue weighted by molar-refractivity contribution is 6.30. The summed E-state index contributed by atoms with van der Waals surface area (Å²) in [5.41, 5.74) is 4.73. The molecular formula is C23H18ClN5O2. The first-order valence-electron chi connectivity index (χ1n) is 9.72. The van der Waals surface area contributed by atoms with Gasteiger partial charge in [-0.05, 0) is 29.3 Å². The van der Waals surface area contributed by atoms with Gasteiger partial charge >= 0.3 is 0 Å². The van der Waals surface area contributed by atoms with Crippen LogP contribution in [-0.4, -0.2) is 31.5 Å². The van der Waals surface area contributed by atoms with Crippen molar-refractivity contribution < 1.29 is 4.74 Å². The normalized spacial score (nSPS) is 11.4. The van der Waals surface area contributed by atoms with Gasteiger partial charge in [-0.15, -0.1) is 10.2 Å². The third-order valence-electron chi connectivity index (χ3n) is 5.13. The smallest absolute Gasteiger partial charge is 0.280 e. The summed E-state index contributed by atoms with van der Waals surface area (Å²) >= 11 is 5.96. The first kappa shape index (κ1) is 19.4. The summed E-state index contributed by atoms with van der Waals surface area (Å²) < 4.78 is 8.62. The topological polar surface area (TPSA) is 74.3 Å². The zero-order valence-electron chi connectivity index (χ0n) is 16.7. The largest absolute Gasteiger partial charge is 0.378 e. The molecule has 31 heavy (non-hydrogen) atoms. The first-order valence-corrected chi connectivity index (χ1v) is 10.1. The van der Waals surface area contributed by atoms with Crippen molar-refractivity contribution in [1.29, 1.82) is 0 Å². The maximum Gasteiger partial charge on any atom is 0.280 e. The van der Waals surface area contributed by atoms with E-state index in [1.807, 2.05) is 48.5 Å². The standard InChI is InChI=1S/C23H18ClN5O2/c1-31-14-18-20(16-5-3-2-4-6-16)22-26-25-21-19(29(22)27-18)11-12-28(23(21)30)13-15-7-9-17(24)10-8-15/h2-12H,13-14H2,1H3. The summed E-state index contributed by atoms with van der Waals surface area (Å²) in [6.45, 7) is 0.734. The Hall–Kier alpha value is -3.55. The lowest BCUT2D eigenvalue weighted by Crippen LogP contribution is -2.22. The summed E-state index contributed by atoms with van der Waals surface area (Å²) in [7, 11) is 1.62. The molecule has 3 heterocycles. The number of benzene rings is 2. The molecule has 0 aliphatic heterocycles. The highest BCUT2D eigenvalue weighted by Gasteiger charge is 2.19. The minimum absolute atomic E-state index is 0.230. The van der Waals surface area contributed by atoms with Gasteiger partial charge in [0.2, 0.25) is 0 Å².